The molecule has 2 bridgehead atoms. The van der Waals surface area contributed by atoms with Crippen molar-refractivity contribution in [2.45, 2.75) is 43.7 Å². The Bertz CT molecular complexity index is 776. The number of amides is 1. The Kier molecular flexibility index (Phi) is 4.05. The van der Waals surface area contributed by atoms with Crippen molar-refractivity contribution >= 4 is 5.91 Å². The van der Waals surface area contributed by atoms with Gasteiger partial charge in [-0.3, -0.25) is 14.6 Å². The summed E-state index contributed by atoms with van der Waals surface area (Å²) in [6.07, 6.45) is 4.42. The van der Waals surface area contributed by atoms with E-state index in [1.807, 2.05) is 0 Å². The zero-order valence-electron chi connectivity index (χ0n) is 16.4. The number of hydrogen-bond acceptors (Lipinski definition) is 5. The van der Waals surface area contributed by atoms with E-state index >= 15 is 0 Å². The van der Waals surface area contributed by atoms with Crippen molar-refractivity contribution in [3.8, 4) is 11.5 Å². The van der Waals surface area contributed by atoms with E-state index in [4.69, 9.17) is 9.47 Å². The molecule has 0 saturated carbocycles. The molecule has 0 spiro atoms. The Morgan fingerprint density at radius 1 is 1.00 bits per heavy atom. The molecule has 6 heteroatoms. The molecule has 5 fully saturated rings. The summed E-state index contributed by atoms with van der Waals surface area (Å²) in [5.74, 6) is 3.43. The van der Waals surface area contributed by atoms with Crippen LogP contribution in [0, 0.1) is 5.92 Å². The van der Waals surface area contributed by atoms with E-state index in [0.717, 1.165) is 56.4 Å². The smallest absolute Gasteiger partial charge is 0.231 e. The summed E-state index contributed by atoms with van der Waals surface area (Å²) in [4.78, 5) is 19.6. The lowest BCUT2D eigenvalue weighted by Gasteiger charge is -2.51. The van der Waals surface area contributed by atoms with Crippen LogP contribution in [0.2, 0.25) is 0 Å². The second-order valence-corrected chi connectivity index (χ2v) is 9.05. The fraction of sp³-hybridized carbons (Fsp3) is 0.682. The number of ether oxygens (including phenoxy) is 2. The van der Waals surface area contributed by atoms with Crippen LogP contribution >= 0.6 is 0 Å². The van der Waals surface area contributed by atoms with Crippen LogP contribution in [-0.4, -0.2) is 78.8 Å². The molecular weight excluding hydrogens is 354 g/mol. The van der Waals surface area contributed by atoms with E-state index in [9.17, 15) is 4.79 Å². The van der Waals surface area contributed by atoms with Crippen molar-refractivity contribution in [3.63, 3.8) is 0 Å². The van der Waals surface area contributed by atoms with Gasteiger partial charge in [-0.2, -0.15) is 0 Å². The van der Waals surface area contributed by atoms with Crippen LogP contribution in [0.5, 0.6) is 11.5 Å². The molecule has 0 radical (unpaired) electrons. The summed E-state index contributed by atoms with van der Waals surface area (Å²) in [5, 5.41) is 0. The zero-order valence-corrected chi connectivity index (χ0v) is 16.4. The van der Waals surface area contributed by atoms with Crippen molar-refractivity contribution in [2.75, 3.05) is 46.1 Å². The Hall–Kier alpha value is -1.79. The van der Waals surface area contributed by atoms with Crippen molar-refractivity contribution in [1.29, 1.82) is 0 Å². The third-order valence-corrected chi connectivity index (χ3v) is 7.75. The number of piperidine rings is 3. The number of carbonyl (C=O) groups is 1. The van der Waals surface area contributed by atoms with Gasteiger partial charge in [-0.25, -0.2) is 0 Å². The Morgan fingerprint density at radius 2 is 1.86 bits per heavy atom. The van der Waals surface area contributed by atoms with E-state index in [-0.39, 0.29) is 0 Å². The molecule has 0 aromatic heterocycles. The first-order valence-corrected chi connectivity index (χ1v) is 10.9. The minimum absolute atomic E-state index is 0.333. The number of rotatable bonds is 4. The fourth-order valence-electron chi connectivity index (χ4n) is 6.42. The second-order valence-electron chi connectivity index (χ2n) is 9.05. The topological polar surface area (TPSA) is 45.3 Å². The summed E-state index contributed by atoms with van der Waals surface area (Å²) in [6, 6.07) is 7.76. The molecule has 0 N–H and O–H groups in total. The Labute approximate surface area is 166 Å². The summed E-state index contributed by atoms with van der Waals surface area (Å²) in [5.41, 5.74) is 1.38. The number of likely N-dealkylation sites (tertiary alicyclic amines) is 2. The highest BCUT2D eigenvalue weighted by atomic mass is 16.7. The monoisotopic (exact) mass is 383 g/mol. The van der Waals surface area contributed by atoms with Gasteiger partial charge in [-0.15, -0.1) is 0 Å². The number of fused-ring (bicyclic) bond motifs is 3. The molecule has 6 aliphatic rings. The standard InChI is InChI=1S/C22H29N3O3/c26-20-2-1-7-23(20)10-11-25-13-17(16-3-4-18-19(12-16)28-14-27-18)22-21(25)15-5-8-24(22)9-6-15/h3-4,12,15,17,21-22H,1-2,5-11,13-14H2/t17-,21+,22+/m0/s1. The Balaban J connectivity index is 1.26. The van der Waals surface area contributed by atoms with E-state index in [1.165, 1.54) is 31.5 Å². The SMILES string of the molecule is O=C1CCCN1CCN1C[C@@H](c2ccc3c(c2)OCO3)[C@@H]2[C@H]1C1CCN2CC1. The van der Waals surface area contributed by atoms with Gasteiger partial charge in [0.05, 0.1) is 0 Å². The van der Waals surface area contributed by atoms with Crippen molar-refractivity contribution < 1.29 is 14.3 Å². The highest BCUT2D eigenvalue weighted by Crippen LogP contribution is 2.47. The van der Waals surface area contributed by atoms with Crippen molar-refractivity contribution in [1.82, 2.24) is 14.7 Å². The Morgan fingerprint density at radius 3 is 2.68 bits per heavy atom. The average Bonchev–Trinajstić information content (AvgIpc) is 3.45. The highest BCUT2D eigenvalue weighted by Gasteiger charge is 2.53. The third-order valence-electron chi connectivity index (χ3n) is 7.75. The minimum atomic E-state index is 0.333. The lowest BCUT2D eigenvalue weighted by atomic mass is 9.75. The maximum absolute atomic E-state index is 12.1. The van der Waals surface area contributed by atoms with Gasteiger partial charge in [0.2, 0.25) is 12.7 Å². The molecule has 0 aliphatic carbocycles. The third kappa shape index (κ3) is 2.65. The fourth-order valence-corrected chi connectivity index (χ4v) is 6.42. The summed E-state index contributed by atoms with van der Waals surface area (Å²) in [6.45, 7) is 6.75. The molecule has 1 aromatic carbocycles. The molecule has 28 heavy (non-hydrogen) atoms. The van der Waals surface area contributed by atoms with E-state index in [2.05, 4.69) is 32.9 Å². The normalized spacial score (nSPS) is 36.4. The van der Waals surface area contributed by atoms with Crippen LogP contribution in [0.25, 0.3) is 0 Å². The summed E-state index contributed by atoms with van der Waals surface area (Å²) in [7, 11) is 0. The molecule has 150 valence electrons. The molecule has 3 atom stereocenters. The van der Waals surface area contributed by atoms with Crippen LogP contribution in [0.15, 0.2) is 18.2 Å². The van der Waals surface area contributed by atoms with Gasteiger partial charge in [0, 0.05) is 50.6 Å². The first-order valence-electron chi connectivity index (χ1n) is 10.9. The predicted molar refractivity (Wildman–Crippen MR) is 105 cm³/mol. The number of carbonyl (C=O) groups excluding carboxylic acids is 1. The highest BCUT2D eigenvalue weighted by molar-refractivity contribution is 5.78. The molecule has 5 saturated heterocycles. The second kappa shape index (κ2) is 6.63. The molecule has 7 rings (SSSR count). The maximum Gasteiger partial charge on any atom is 0.231 e. The van der Waals surface area contributed by atoms with Gasteiger partial charge in [-0.05, 0) is 56.0 Å². The number of nitrogens with zero attached hydrogens (tertiary/aromatic N) is 3. The van der Waals surface area contributed by atoms with E-state index in [1.54, 1.807) is 0 Å². The molecule has 1 aromatic rings. The summed E-state index contributed by atoms with van der Waals surface area (Å²) < 4.78 is 11.2. The molecule has 6 aliphatic heterocycles. The lowest BCUT2D eigenvalue weighted by molar-refractivity contribution is -0.128. The van der Waals surface area contributed by atoms with Gasteiger partial charge in [0.25, 0.3) is 0 Å². The van der Waals surface area contributed by atoms with Crippen molar-refractivity contribution in [3.05, 3.63) is 23.8 Å². The first-order chi connectivity index (χ1) is 13.8. The maximum atomic E-state index is 12.1. The van der Waals surface area contributed by atoms with Gasteiger partial charge < -0.3 is 14.4 Å². The molecule has 6 nitrogen and oxygen atoms in total. The molecule has 1 amide bonds. The number of benzene rings is 1. The van der Waals surface area contributed by atoms with Crippen LogP contribution in [0.1, 0.15) is 37.2 Å². The van der Waals surface area contributed by atoms with E-state index in [0.29, 0.717) is 30.7 Å². The quantitative estimate of drug-likeness (QED) is 0.795. The minimum Gasteiger partial charge on any atom is -0.454 e. The molecule has 0 unspecified atom stereocenters. The van der Waals surface area contributed by atoms with Crippen molar-refractivity contribution in [2.24, 2.45) is 5.92 Å². The summed E-state index contributed by atoms with van der Waals surface area (Å²) >= 11 is 0. The predicted octanol–water partition coefficient (Wildman–Crippen LogP) is 1.90. The van der Waals surface area contributed by atoms with Gasteiger partial charge in [-0.1, -0.05) is 6.07 Å². The zero-order chi connectivity index (χ0) is 18.7. The first kappa shape index (κ1) is 17.1. The van der Waals surface area contributed by atoms with Crippen LogP contribution in [-0.2, 0) is 4.79 Å². The van der Waals surface area contributed by atoms with Gasteiger partial charge >= 0.3 is 0 Å². The molecular formula is C22H29N3O3. The number of hydrogen-bond donors (Lipinski definition) is 0. The van der Waals surface area contributed by atoms with Crippen LogP contribution in [0.4, 0.5) is 0 Å². The molecule has 6 heterocycles. The van der Waals surface area contributed by atoms with Gasteiger partial charge in [0.1, 0.15) is 0 Å². The van der Waals surface area contributed by atoms with Crippen LogP contribution in [0.3, 0.4) is 0 Å². The van der Waals surface area contributed by atoms with E-state index < -0.39 is 0 Å². The van der Waals surface area contributed by atoms with Gasteiger partial charge in [0.15, 0.2) is 11.5 Å². The average molecular weight is 383 g/mol. The van der Waals surface area contributed by atoms with Crippen LogP contribution < -0.4 is 9.47 Å². The lowest BCUT2D eigenvalue weighted by Crippen LogP contribution is -2.60. The largest absolute Gasteiger partial charge is 0.454 e.